The number of primary amides is 1. The molecule has 0 fully saturated rings. The van der Waals surface area contributed by atoms with Gasteiger partial charge in [-0.25, -0.2) is 0 Å². The van der Waals surface area contributed by atoms with Gasteiger partial charge in [-0.05, 0) is 0 Å². The van der Waals surface area contributed by atoms with Gasteiger partial charge < -0.3 is 0 Å². The summed E-state index contributed by atoms with van der Waals surface area (Å²) < 4.78 is 30.5. The number of anilines is 1. The quantitative estimate of drug-likeness (QED) is 0.729. The molecule has 0 saturated heterocycles. The van der Waals surface area contributed by atoms with Crippen molar-refractivity contribution >= 4 is 77.2 Å². The number of carbonyl (C=O) groups is 2. The molecule has 1 aliphatic rings. The second-order valence-electron chi connectivity index (χ2n) is 6.71. The third kappa shape index (κ3) is 4.29. The average Bonchev–Trinajstić information content (AvgIpc) is 2.69. The van der Waals surface area contributed by atoms with Gasteiger partial charge >= 0.3 is 197 Å². The minimum atomic E-state index is -3.26. The summed E-state index contributed by atoms with van der Waals surface area (Å²) in [4.78, 5) is 25.9. The molecule has 0 saturated carbocycles. The zero-order valence-corrected chi connectivity index (χ0v) is 20.0. The summed E-state index contributed by atoms with van der Waals surface area (Å²) in [5, 5.41) is 0. The fourth-order valence-electron chi connectivity index (χ4n) is 3.38. The molecule has 0 bridgehead atoms. The Kier molecular flexibility index (Phi) is 6.10. The van der Waals surface area contributed by atoms with Crippen molar-refractivity contribution in [3.63, 3.8) is 0 Å². The normalized spacial score (nSPS) is 17.4. The van der Waals surface area contributed by atoms with E-state index in [1.165, 1.54) is 11.0 Å². The molecule has 2 amide bonds. The van der Waals surface area contributed by atoms with Gasteiger partial charge in [0.2, 0.25) is 0 Å². The minimum absolute atomic E-state index is 0.0735. The average molecular weight is 441 g/mol. The van der Waals surface area contributed by atoms with E-state index in [1.54, 1.807) is 24.3 Å². The molecule has 2 N–H and O–H groups in total. The van der Waals surface area contributed by atoms with Crippen LogP contribution in [0.1, 0.15) is 27.9 Å². The summed E-state index contributed by atoms with van der Waals surface area (Å²) in [6, 6.07) is 12.0. The SMILES string of the molecule is Cc1ccc(C(=O)N2CCC(F)(F)/C(=C\C(N)=O)c3ccccc32)[c]([Rb])c1. The third-order valence-electron chi connectivity index (χ3n) is 4.67. The van der Waals surface area contributed by atoms with Crippen molar-refractivity contribution in [2.24, 2.45) is 5.73 Å². The fourth-order valence-corrected chi connectivity index (χ4v) is 5.43. The first-order chi connectivity index (χ1) is 12.7. The number of aryl methyl sites for hydroxylation is 1. The first-order valence-corrected chi connectivity index (χ1v) is 11.0. The molecule has 4 nitrogen and oxygen atoms in total. The number of fused-ring (bicyclic) bond motifs is 1. The van der Waals surface area contributed by atoms with E-state index in [0.717, 1.165) is 10.3 Å². The number of allylic oxidation sites excluding steroid dienone is 1. The number of hydrogen-bond acceptors (Lipinski definition) is 2. The number of amides is 2. The van der Waals surface area contributed by atoms with Crippen molar-refractivity contribution in [1.82, 2.24) is 0 Å². The molecule has 0 atom stereocenters. The summed E-state index contributed by atoms with van der Waals surface area (Å²) in [6.45, 7) is 1.80. The van der Waals surface area contributed by atoms with E-state index >= 15 is 0 Å². The summed E-state index contributed by atoms with van der Waals surface area (Å²) in [7, 11) is 0. The van der Waals surface area contributed by atoms with Crippen molar-refractivity contribution in [3.05, 3.63) is 65.2 Å². The van der Waals surface area contributed by atoms with Crippen LogP contribution in [0, 0.1) is 6.92 Å². The third-order valence-corrected chi connectivity index (χ3v) is 6.71. The molecule has 2 aromatic rings. The number of nitrogens with zero attached hydrogens (tertiary/aromatic N) is 1. The Balaban J connectivity index is 2.15. The number of hydrogen-bond donors (Lipinski definition) is 1. The predicted octanol–water partition coefficient (Wildman–Crippen LogP) is 2.34. The summed E-state index contributed by atoms with van der Waals surface area (Å²) >= 11 is 0.0735. The van der Waals surface area contributed by atoms with E-state index in [-0.39, 0.29) is 73.6 Å². The fraction of sp³-hybridized carbons (Fsp3) is 0.200. The van der Waals surface area contributed by atoms with Crippen LogP contribution in [-0.4, -0.2) is 79.8 Å². The van der Waals surface area contributed by atoms with Crippen LogP contribution < -0.4 is 9.27 Å². The molecule has 1 heterocycles. The molecule has 0 radical (unpaired) electrons. The Bertz CT molecular complexity index is 957. The van der Waals surface area contributed by atoms with Crippen molar-refractivity contribution < 1.29 is 18.4 Å². The van der Waals surface area contributed by atoms with Crippen LogP contribution in [0.2, 0.25) is 0 Å². The van der Waals surface area contributed by atoms with Gasteiger partial charge in [0.1, 0.15) is 0 Å². The van der Waals surface area contributed by atoms with E-state index in [4.69, 9.17) is 5.73 Å². The van der Waals surface area contributed by atoms with E-state index in [1.807, 2.05) is 19.1 Å². The van der Waals surface area contributed by atoms with Gasteiger partial charge in [0.05, 0.1) is 0 Å². The van der Waals surface area contributed by atoms with Crippen LogP contribution in [0.4, 0.5) is 14.5 Å². The molecule has 7 heteroatoms. The van der Waals surface area contributed by atoms with Crippen LogP contribution in [0.25, 0.3) is 5.57 Å². The first-order valence-electron chi connectivity index (χ1n) is 8.58. The summed E-state index contributed by atoms with van der Waals surface area (Å²) in [6.07, 6.45) is 0.182. The van der Waals surface area contributed by atoms with Crippen LogP contribution in [0.15, 0.2) is 48.5 Å². The maximum atomic E-state index is 14.7. The van der Waals surface area contributed by atoms with Crippen molar-refractivity contribution in [1.29, 1.82) is 0 Å². The molecule has 2 aromatic carbocycles. The van der Waals surface area contributed by atoms with E-state index in [9.17, 15) is 18.4 Å². The number of benzene rings is 2. The Labute approximate surface area is 195 Å². The number of nitrogens with two attached hydrogens (primary N) is 1. The zero-order chi connectivity index (χ0) is 19.8. The first kappa shape index (κ1) is 20.5. The van der Waals surface area contributed by atoms with E-state index < -0.39 is 23.8 Å². The Morgan fingerprint density at radius 1 is 1.22 bits per heavy atom. The topological polar surface area (TPSA) is 63.4 Å². The molecule has 134 valence electrons. The van der Waals surface area contributed by atoms with Crippen LogP contribution in [-0.2, 0) is 4.79 Å². The van der Waals surface area contributed by atoms with Gasteiger partial charge in [-0.1, -0.05) is 0 Å². The van der Waals surface area contributed by atoms with Crippen LogP contribution in [0.3, 0.4) is 0 Å². The summed E-state index contributed by atoms with van der Waals surface area (Å²) in [5.41, 5.74) is 6.84. The standard InChI is InChI=1S/C20H17F2N2O2.Rb/c1-13-6-8-14(9-7-13)19(26)24-11-10-20(21,22)16(12-18(23)25)15-4-2-3-5-17(15)24;/h2-8,12H,10-11H2,1H3,(H2,23,25);/b16-12-;. The number of carbonyl (C=O) groups excluding carboxylic acids is 2. The molecule has 0 aromatic heterocycles. The number of halogens is 2. The van der Waals surface area contributed by atoms with Gasteiger partial charge in [0.15, 0.2) is 0 Å². The Morgan fingerprint density at radius 3 is 2.59 bits per heavy atom. The Morgan fingerprint density at radius 2 is 1.93 bits per heavy atom. The molecule has 3 rings (SSSR count). The second kappa shape index (κ2) is 8.03. The molecule has 1 aliphatic heterocycles. The van der Waals surface area contributed by atoms with E-state index in [2.05, 4.69) is 0 Å². The molecular formula is C20H17F2N2O2Rb. The zero-order valence-electron chi connectivity index (χ0n) is 15.1. The maximum absolute atomic E-state index is 14.7. The molecular weight excluding hydrogens is 424 g/mol. The van der Waals surface area contributed by atoms with Gasteiger partial charge in [-0.15, -0.1) is 0 Å². The van der Waals surface area contributed by atoms with Gasteiger partial charge in [-0.3, -0.25) is 0 Å². The van der Waals surface area contributed by atoms with Crippen molar-refractivity contribution in [2.75, 3.05) is 11.4 Å². The van der Waals surface area contributed by atoms with Crippen molar-refractivity contribution in [2.45, 2.75) is 19.3 Å². The second-order valence-corrected chi connectivity index (χ2v) is 9.36. The molecule has 0 spiro atoms. The van der Waals surface area contributed by atoms with Gasteiger partial charge in [-0.2, -0.15) is 0 Å². The molecule has 27 heavy (non-hydrogen) atoms. The summed E-state index contributed by atoms with van der Waals surface area (Å²) in [5.74, 6) is -4.50. The molecule has 0 unspecified atom stereocenters. The Hall–Kier alpha value is -1.21. The van der Waals surface area contributed by atoms with Crippen LogP contribution in [0.5, 0.6) is 0 Å². The van der Waals surface area contributed by atoms with Gasteiger partial charge in [0, 0.05) is 0 Å². The number of rotatable bonds is 2. The van der Waals surface area contributed by atoms with E-state index in [0.29, 0.717) is 11.3 Å². The van der Waals surface area contributed by atoms with Crippen molar-refractivity contribution in [3.8, 4) is 0 Å². The van der Waals surface area contributed by atoms with Gasteiger partial charge in [0.25, 0.3) is 0 Å². The molecule has 0 aliphatic carbocycles. The monoisotopic (exact) mass is 440 g/mol. The number of alkyl halides is 2. The predicted molar refractivity (Wildman–Crippen MR) is 101 cm³/mol. The van der Waals surface area contributed by atoms with Crippen LogP contribution >= 0.6 is 0 Å². The number of para-hydroxylation sites is 1.